The number of carbonyl (C=O) groups excluding carboxylic acids is 1. The van der Waals surface area contributed by atoms with Crippen LogP contribution in [0.2, 0.25) is 0 Å². The van der Waals surface area contributed by atoms with Crippen molar-refractivity contribution >= 4 is 16.8 Å². The fourth-order valence-electron chi connectivity index (χ4n) is 2.33. The number of pyridine rings is 1. The highest BCUT2D eigenvalue weighted by molar-refractivity contribution is 5.97. The number of aromatic nitrogens is 2. The van der Waals surface area contributed by atoms with Crippen LogP contribution in [0.1, 0.15) is 22.6 Å². The Bertz CT molecular complexity index is 783. The maximum absolute atomic E-state index is 13.1. The van der Waals surface area contributed by atoms with E-state index in [-0.39, 0.29) is 11.7 Å². The standard InChI is InChI=1S/C17H16FN3O/c18-13-7-6-12-10-16(21-15(12)11-13)17(22)20-9-3-5-14-4-1-2-8-19-14/h1-2,4,6-8,10-11,21H,3,5,9H2,(H,20,22). The molecule has 2 heterocycles. The average molecular weight is 297 g/mol. The van der Waals surface area contributed by atoms with E-state index in [1.807, 2.05) is 18.2 Å². The molecule has 22 heavy (non-hydrogen) atoms. The van der Waals surface area contributed by atoms with Gasteiger partial charge >= 0.3 is 0 Å². The summed E-state index contributed by atoms with van der Waals surface area (Å²) in [5.41, 5.74) is 2.08. The number of hydrogen-bond acceptors (Lipinski definition) is 2. The van der Waals surface area contributed by atoms with Crippen LogP contribution >= 0.6 is 0 Å². The van der Waals surface area contributed by atoms with Crippen LogP contribution in [0.3, 0.4) is 0 Å². The molecule has 1 aromatic carbocycles. The van der Waals surface area contributed by atoms with Gasteiger partial charge in [-0.1, -0.05) is 6.07 Å². The molecule has 0 bridgehead atoms. The van der Waals surface area contributed by atoms with Crippen molar-refractivity contribution in [2.75, 3.05) is 6.54 Å². The number of amides is 1. The Labute approximate surface area is 127 Å². The van der Waals surface area contributed by atoms with Gasteiger partial charge in [0.15, 0.2) is 0 Å². The summed E-state index contributed by atoms with van der Waals surface area (Å²) in [6.45, 7) is 0.569. The first-order valence-corrected chi connectivity index (χ1v) is 7.19. The number of hydrogen-bond donors (Lipinski definition) is 2. The molecule has 4 nitrogen and oxygen atoms in total. The van der Waals surface area contributed by atoms with Crippen LogP contribution in [0.5, 0.6) is 0 Å². The number of nitrogens with one attached hydrogen (secondary N) is 2. The predicted molar refractivity (Wildman–Crippen MR) is 83.1 cm³/mol. The summed E-state index contributed by atoms with van der Waals surface area (Å²) in [6, 6.07) is 11.9. The van der Waals surface area contributed by atoms with Crippen LogP contribution in [0.4, 0.5) is 4.39 Å². The summed E-state index contributed by atoms with van der Waals surface area (Å²) >= 11 is 0. The van der Waals surface area contributed by atoms with Crippen LogP contribution in [0.25, 0.3) is 10.9 Å². The molecule has 2 N–H and O–H groups in total. The number of H-pyrrole nitrogens is 1. The second-order valence-electron chi connectivity index (χ2n) is 5.10. The number of halogens is 1. The number of nitrogens with zero attached hydrogens (tertiary/aromatic N) is 1. The van der Waals surface area contributed by atoms with Gasteiger partial charge in [-0.15, -0.1) is 0 Å². The van der Waals surface area contributed by atoms with Gasteiger partial charge in [-0.3, -0.25) is 9.78 Å². The van der Waals surface area contributed by atoms with E-state index < -0.39 is 0 Å². The van der Waals surface area contributed by atoms with Gasteiger partial charge in [0.05, 0.1) is 0 Å². The maximum Gasteiger partial charge on any atom is 0.267 e. The lowest BCUT2D eigenvalue weighted by Crippen LogP contribution is -2.25. The first kappa shape index (κ1) is 14.3. The molecule has 0 saturated heterocycles. The van der Waals surface area contributed by atoms with Gasteiger partial charge in [-0.05, 0) is 49.2 Å². The van der Waals surface area contributed by atoms with Crippen molar-refractivity contribution in [1.29, 1.82) is 0 Å². The SMILES string of the molecule is O=C(NCCCc1ccccn1)c1cc2ccc(F)cc2[nH]1. The van der Waals surface area contributed by atoms with Gasteiger partial charge in [0.25, 0.3) is 5.91 Å². The minimum atomic E-state index is -0.323. The molecule has 0 aliphatic rings. The third-order valence-corrected chi connectivity index (χ3v) is 3.45. The van der Waals surface area contributed by atoms with Crippen LogP contribution < -0.4 is 5.32 Å². The molecule has 0 spiro atoms. The van der Waals surface area contributed by atoms with E-state index in [0.717, 1.165) is 23.9 Å². The van der Waals surface area contributed by atoms with Crippen LogP contribution in [-0.4, -0.2) is 22.4 Å². The molecule has 0 saturated carbocycles. The Kier molecular flexibility index (Phi) is 4.14. The summed E-state index contributed by atoms with van der Waals surface area (Å²) in [7, 11) is 0. The first-order chi connectivity index (χ1) is 10.7. The first-order valence-electron chi connectivity index (χ1n) is 7.19. The molecule has 2 aromatic heterocycles. The Morgan fingerprint density at radius 2 is 2.14 bits per heavy atom. The van der Waals surface area contributed by atoms with Gasteiger partial charge in [0.2, 0.25) is 0 Å². The minimum absolute atomic E-state index is 0.183. The third-order valence-electron chi connectivity index (χ3n) is 3.45. The molecule has 0 aliphatic carbocycles. The van der Waals surface area contributed by atoms with Crippen molar-refractivity contribution in [3.8, 4) is 0 Å². The van der Waals surface area contributed by atoms with Crippen molar-refractivity contribution in [3.63, 3.8) is 0 Å². The lowest BCUT2D eigenvalue weighted by Gasteiger charge is -2.03. The summed E-state index contributed by atoms with van der Waals surface area (Å²) < 4.78 is 13.1. The zero-order valence-corrected chi connectivity index (χ0v) is 12.0. The average Bonchev–Trinajstić information content (AvgIpc) is 2.95. The van der Waals surface area contributed by atoms with E-state index in [2.05, 4.69) is 15.3 Å². The normalized spacial score (nSPS) is 10.8. The smallest absolute Gasteiger partial charge is 0.267 e. The lowest BCUT2D eigenvalue weighted by atomic mass is 10.2. The number of benzene rings is 1. The van der Waals surface area contributed by atoms with E-state index >= 15 is 0 Å². The molecule has 112 valence electrons. The highest BCUT2D eigenvalue weighted by Crippen LogP contribution is 2.16. The fraction of sp³-hybridized carbons (Fsp3) is 0.176. The number of aromatic amines is 1. The fourth-order valence-corrected chi connectivity index (χ4v) is 2.33. The Morgan fingerprint density at radius 1 is 1.23 bits per heavy atom. The molecule has 3 aromatic rings. The maximum atomic E-state index is 13.1. The van der Waals surface area contributed by atoms with Crippen LogP contribution in [0.15, 0.2) is 48.7 Å². The van der Waals surface area contributed by atoms with Crippen molar-refractivity contribution in [1.82, 2.24) is 15.3 Å². The van der Waals surface area contributed by atoms with E-state index in [4.69, 9.17) is 0 Å². The quantitative estimate of drug-likeness (QED) is 0.711. The molecular formula is C17H16FN3O. The van der Waals surface area contributed by atoms with E-state index in [0.29, 0.717) is 17.8 Å². The second kappa shape index (κ2) is 6.39. The monoisotopic (exact) mass is 297 g/mol. The molecule has 0 unspecified atom stereocenters. The molecule has 3 rings (SSSR count). The van der Waals surface area contributed by atoms with Gasteiger partial charge in [0.1, 0.15) is 11.5 Å². The molecule has 0 aliphatic heterocycles. The molecule has 0 fully saturated rings. The Hall–Kier alpha value is -2.69. The molecule has 1 amide bonds. The van der Waals surface area contributed by atoms with Crippen LogP contribution in [-0.2, 0) is 6.42 Å². The molecular weight excluding hydrogens is 281 g/mol. The highest BCUT2D eigenvalue weighted by Gasteiger charge is 2.09. The van der Waals surface area contributed by atoms with Crippen molar-refractivity contribution in [2.24, 2.45) is 0 Å². The number of carbonyl (C=O) groups is 1. The van der Waals surface area contributed by atoms with Gasteiger partial charge < -0.3 is 10.3 Å². The molecule has 5 heteroatoms. The minimum Gasteiger partial charge on any atom is -0.351 e. The molecule has 0 atom stereocenters. The highest BCUT2D eigenvalue weighted by atomic mass is 19.1. The van der Waals surface area contributed by atoms with E-state index in [1.54, 1.807) is 18.3 Å². The summed E-state index contributed by atoms with van der Waals surface area (Å²) in [5, 5.41) is 3.67. The van der Waals surface area contributed by atoms with Gasteiger partial charge in [0, 0.05) is 29.3 Å². The number of fused-ring (bicyclic) bond motifs is 1. The Morgan fingerprint density at radius 3 is 2.95 bits per heavy atom. The molecule has 0 radical (unpaired) electrons. The van der Waals surface area contributed by atoms with Crippen molar-refractivity contribution < 1.29 is 9.18 Å². The summed E-state index contributed by atoms with van der Waals surface area (Å²) in [5.74, 6) is -0.505. The third kappa shape index (κ3) is 3.31. The van der Waals surface area contributed by atoms with Crippen molar-refractivity contribution in [2.45, 2.75) is 12.8 Å². The number of aryl methyl sites for hydroxylation is 1. The second-order valence-corrected chi connectivity index (χ2v) is 5.10. The topological polar surface area (TPSA) is 57.8 Å². The van der Waals surface area contributed by atoms with E-state index in [1.165, 1.54) is 12.1 Å². The van der Waals surface area contributed by atoms with E-state index in [9.17, 15) is 9.18 Å². The van der Waals surface area contributed by atoms with Crippen LogP contribution in [0, 0.1) is 5.82 Å². The zero-order valence-electron chi connectivity index (χ0n) is 12.0. The summed E-state index contributed by atoms with van der Waals surface area (Å²) in [4.78, 5) is 19.2. The van der Waals surface area contributed by atoms with Crippen molar-refractivity contribution in [3.05, 3.63) is 65.9 Å². The zero-order chi connectivity index (χ0) is 15.4. The van der Waals surface area contributed by atoms with Gasteiger partial charge in [-0.25, -0.2) is 4.39 Å². The summed E-state index contributed by atoms with van der Waals surface area (Å²) in [6.07, 6.45) is 3.40. The number of rotatable bonds is 5. The largest absolute Gasteiger partial charge is 0.351 e. The lowest BCUT2D eigenvalue weighted by molar-refractivity contribution is 0.0949. The predicted octanol–water partition coefficient (Wildman–Crippen LogP) is 3.06. The Balaban J connectivity index is 1.54. The van der Waals surface area contributed by atoms with Gasteiger partial charge in [-0.2, -0.15) is 0 Å².